The van der Waals surface area contributed by atoms with Crippen molar-refractivity contribution >= 4 is 0 Å². The standard InChI is InChI=1S/C8H15N3O/c1-7-2-3-8(12-7)4-5-10-6-11-9/h2-3,10-11H,4-6,9H2,1H3. The van der Waals surface area contributed by atoms with Crippen molar-refractivity contribution in [2.45, 2.75) is 13.3 Å². The summed E-state index contributed by atoms with van der Waals surface area (Å²) in [6, 6.07) is 3.96. The smallest absolute Gasteiger partial charge is 0.105 e. The lowest BCUT2D eigenvalue weighted by molar-refractivity contribution is 0.472. The highest BCUT2D eigenvalue weighted by Gasteiger charge is 1.96. The van der Waals surface area contributed by atoms with Crippen LogP contribution in [0, 0.1) is 6.92 Å². The highest BCUT2D eigenvalue weighted by molar-refractivity contribution is 5.05. The predicted molar refractivity (Wildman–Crippen MR) is 47.3 cm³/mol. The van der Waals surface area contributed by atoms with Gasteiger partial charge in [0.25, 0.3) is 0 Å². The van der Waals surface area contributed by atoms with Crippen LogP contribution in [0.5, 0.6) is 0 Å². The Bertz CT molecular complexity index is 222. The second-order valence-electron chi connectivity index (χ2n) is 2.64. The maximum Gasteiger partial charge on any atom is 0.105 e. The first-order chi connectivity index (χ1) is 5.83. The zero-order valence-corrected chi connectivity index (χ0v) is 7.26. The van der Waals surface area contributed by atoms with Gasteiger partial charge in [-0.05, 0) is 19.1 Å². The molecule has 0 radical (unpaired) electrons. The number of aryl methyl sites for hydroxylation is 1. The molecule has 1 heterocycles. The summed E-state index contributed by atoms with van der Waals surface area (Å²) in [4.78, 5) is 0. The van der Waals surface area contributed by atoms with Crippen molar-refractivity contribution in [3.05, 3.63) is 23.7 Å². The molecule has 0 aliphatic carbocycles. The van der Waals surface area contributed by atoms with Crippen molar-refractivity contribution in [3.8, 4) is 0 Å². The zero-order valence-electron chi connectivity index (χ0n) is 7.26. The molecule has 0 atom stereocenters. The number of hydrogen-bond acceptors (Lipinski definition) is 4. The minimum atomic E-state index is 0.625. The molecule has 4 N–H and O–H groups in total. The Hall–Kier alpha value is -0.840. The monoisotopic (exact) mass is 169 g/mol. The lowest BCUT2D eigenvalue weighted by atomic mass is 10.3. The Morgan fingerprint density at radius 3 is 2.92 bits per heavy atom. The van der Waals surface area contributed by atoms with Gasteiger partial charge in [0.15, 0.2) is 0 Å². The zero-order chi connectivity index (χ0) is 8.81. The first-order valence-corrected chi connectivity index (χ1v) is 4.02. The largest absolute Gasteiger partial charge is 0.466 e. The summed E-state index contributed by atoms with van der Waals surface area (Å²) in [6.07, 6.45) is 0.898. The molecule has 0 aliphatic rings. The van der Waals surface area contributed by atoms with Gasteiger partial charge in [-0.1, -0.05) is 0 Å². The Kier molecular flexibility index (Phi) is 3.79. The molecule has 4 nitrogen and oxygen atoms in total. The van der Waals surface area contributed by atoms with E-state index in [4.69, 9.17) is 10.3 Å². The predicted octanol–water partition coefficient (Wildman–Crippen LogP) is 0.141. The third-order valence-corrected chi connectivity index (χ3v) is 1.57. The van der Waals surface area contributed by atoms with Crippen molar-refractivity contribution in [2.24, 2.45) is 5.84 Å². The van der Waals surface area contributed by atoms with Crippen molar-refractivity contribution in [2.75, 3.05) is 13.2 Å². The third-order valence-electron chi connectivity index (χ3n) is 1.57. The maximum absolute atomic E-state index is 5.37. The van der Waals surface area contributed by atoms with E-state index in [-0.39, 0.29) is 0 Å². The summed E-state index contributed by atoms with van der Waals surface area (Å²) >= 11 is 0. The first-order valence-electron chi connectivity index (χ1n) is 4.02. The molecule has 0 unspecified atom stereocenters. The highest BCUT2D eigenvalue weighted by Crippen LogP contribution is 2.05. The summed E-state index contributed by atoms with van der Waals surface area (Å²) in [5.41, 5.74) is 2.52. The summed E-state index contributed by atoms with van der Waals surface area (Å²) in [5, 5.41) is 3.10. The topological polar surface area (TPSA) is 63.2 Å². The molecule has 0 saturated carbocycles. The molecule has 1 aromatic rings. The maximum atomic E-state index is 5.37. The fourth-order valence-corrected chi connectivity index (χ4v) is 0.992. The van der Waals surface area contributed by atoms with Gasteiger partial charge < -0.3 is 9.73 Å². The van der Waals surface area contributed by atoms with Gasteiger partial charge in [0.05, 0.1) is 6.67 Å². The van der Waals surface area contributed by atoms with Crippen molar-refractivity contribution in [1.82, 2.24) is 10.7 Å². The third kappa shape index (κ3) is 3.04. The summed E-state index contributed by atoms with van der Waals surface area (Å²) in [6.45, 7) is 3.44. The van der Waals surface area contributed by atoms with Gasteiger partial charge in [0, 0.05) is 13.0 Å². The molecule has 68 valence electrons. The molecule has 0 amide bonds. The Morgan fingerprint density at radius 2 is 2.33 bits per heavy atom. The first kappa shape index (κ1) is 9.25. The van der Waals surface area contributed by atoms with Crippen LogP contribution < -0.4 is 16.6 Å². The number of hydrogen-bond donors (Lipinski definition) is 3. The van der Waals surface area contributed by atoms with Gasteiger partial charge >= 0.3 is 0 Å². The number of hydrazine groups is 1. The van der Waals surface area contributed by atoms with Crippen LogP contribution >= 0.6 is 0 Å². The number of nitrogens with one attached hydrogen (secondary N) is 2. The van der Waals surface area contributed by atoms with Crippen LogP contribution in [0.25, 0.3) is 0 Å². The summed E-state index contributed by atoms with van der Waals surface area (Å²) < 4.78 is 5.37. The van der Waals surface area contributed by atoms with Gasteiger partial charge in [0.2, 0.25) is 0 Å². The molecular weight excluding hydrogens is 154 g/mol. The van der Waals surface area contributed by atoms with E-state index in [2.05, 4.69) is 10.7 Å². The molecule has 0 bridgehead atoms. The highest BCUT2D eigenvalue weighted by atomic mass is 16.3. The van der Waals surface area contributed by atoms with E-state index >= 15 is 0 Å². The lowest BCUT2D eigenvalue weighted by Gasteiger charge is -2.00. The van der Waals surface area contributed by atoms with Gasteiger partial charge in [-0.3, -0.25) is 5.84 Å². The van der Waals surface area contributed by atoms with Crippen LogP contribution in [0.4, 0.5) is 0 Å². The summed E-state index contributed by atoms with van der Waals surface area (Å²) in [7, 11) is 0. The van der Waals surface area contributed by atoms with Crippen LogP contribution in [-0.2, 0) is 6.42 Å². The molecule has 0 aliphatic heterocycles. The van der Waals surface area contributed by atoms with Crippen molar-refractivity contribution in [3.63, 3.8) is 0 Å². The summed E-state index contributed by atoms with van der Waals surface area (Å²) in [5.74, 6) is 7.05. The molecule has 12 heavy (non-hydrogen) atoms. The molecule has 4 heteroatoms. The van der Waals surface area contributed by atoms with E-state index in [1.54, 1.807) is 0 Å². The number of rotatable bonds is 5. The molecule has 0 fully saturated rings. The van der Waals surface area contributed by atoms with E-state index in [0.717, 1.165) is 24.5 Å². The quantitative estimate of drug-likeness (QED) is 0.254. The fourth-order valence-electron chi connectivity index (χ4n) is 0.992. The Labute approximate surface area is 72.1 Å². The minimum absolute atomic E-state index is 0.625. The normalized spacial score (nSPS) is 10.5. The van der Waals surface area contributed by atoms with Gasteiger partial charge in [-0.25, -0.2) is 5.43 Å². The Balaban J connectivity index is 2.15. The van der Waals surface area contributed by atoms with E-state index in [9.17, 15) is 0 Å². The SMILES string of the molecule is Cc1ccc(CCNCNN)o1. The van der Waals surface area contributed by atoms with Crippen molar-refractivity contribution in [1.29, 1.82) is 0 Å². The van der Waals surface area contributed by atoms with Gasteiger partial charge in [-0.15, -0.1) is 0 Å². The molecule has 1 rings (SSSR count). The van der Waals surface area contributed by atoms with E-state index < -0.39 is 0 Å². The molecule has 0 aromatic carbocycles. The number of nitrogens with two attached hydrogens (primary N) is 1. The minimum Gasteiger partial charge on any atom is -0.466 e. The van der Waals surface area contributed by atoms with Crippen LogP contribution in [0.15, 0.2) is 16.5 Å². The van der Waals surface area contributed by atoms with Gasteiger partial charge in [0.1, 0.15) is 11.5 Å². The van der Waals surface area contributed by atoms with Crippen LogP contribution in [0.1, 0.15) is 11.5 Å². The van der Waals surface area contributed by atoms with Gasteiger partial charge in [-0.2, -0.15) is 0 Å². The molecule has 1 aromatic heterocycles. The Morgan fingerprint density at radius 1 is 1.50 bits per heavy atom. The molecule has 0 spiro atoms. The lowest BCUT2D eigenvalue weighted by Crippen LogP contribution is -2.34. The van der Waals surface area contributed by atoms with Crippen molar-refractivity contribution < 1.29 is 4.42 Å². The molecule has 0 saturated heterocycles. The molecular formula is C8H15N3O. The average molecular weight is 169 g/mol. The van der Waals surface area contributed by atoms with E-state index in [1.165, 1.54) is 0 Å². The second-order valence-corrected chi connectivity index (χ2v) is 2.64. The van der Waals surface area contributed by atoms with E-state index in [0.29, 0.717) is 6.67 Å². The average Bonchev–Trinajstić information content (AvgIpc) is 2.45. The van der Waals surface area contributed by atoms with Crippen LogP contribution in [0.2, 0.25) is 0 Å². The second kappa shape index (κ2) is 4.92. The van der Waals surface area contributed by atoms with Crippen LogP contribution in [-0.4, -0.2) is 13.2 Å². The van der Waals surface area contributed by atoms with E-state index in [1.807, 2.05) is 19.1 Å². The fraction of sp³-hybridized carbons (Fsp3) is 0.500. The van der Waals surface area contributed by atoms with Crippen LogP contribution in [0.3, 0.4) is 0 Å². The number of furan rings is 1.